The second-order valence-corrected chi connectivity index (χ2v) is 5.95. The Balaban J connectivity index is 1.97. The van der Waals surface area contributed by atoms with Gasteiger partial charge >= 0.3 is 0 Å². The first-order valence-electron chi connectivity index (χ1n) is 8.72. The minimum absolute atomic E-state index is 0.0185. The number of carbonyl (C=O) groups excluding carboxylic acids is 1. The van der Waals surface area contributed by atoms with E-state index in [-0.39, 0.29) is 5.91 Å². The summed E-state index contributed by atoms with van der Waals surface area (Å²) in [6, 6.07) is 17.6. The summed E-state index contributed by atoms with van der Waals surface area (Å²) in [5, 5.41) is 3.02. The number of amides is 1. The summed E-state index contributed by atoms with van der Waals surface area (Å²) in [5.74, 6) is 0.801. The van der Waals surface area contributed by atoms with E-state index < -0.39 is 5.60 Å². The lowest BCUT2D eigenvalue weighted by atomic mass is 9.90. The molecule has 0 saturated carbocycles. The highest BCUT2D eigenvalue weighted by atomic mass is 16.5. The van der Waals surface area contributed by atoms with E-state index in [0.717, 1.165) is 23.3 Å². The van der Waals surface area contributed by atoms with Crippen molar-refractivity contribution < 1.29 is 14.3 Å². The van der Waals surface area contributed by atoms with Gasteiger partial charge in [-0.1, -0.05) is 49.4 Å². The Bertz CT molecular complexity index is 649. The fourth-order valence-corrected chi connectivity index (χ4v) is 2.87. The van der Waals surface area contributed by atoms with E-state index in [1.165, 1.54) is 0 Å². The molecule has 0 radical (unpaired) electrons. The van der Waals surface area contributed by atoms with Crippen molar-refractivity contribution in [1.82, 2.24) is 5.32 Å². The third-order valence-electron chi connectivity index (χ3n) is 4.43. The molecule has 0 aromatic heterocycles. The standard InChI is InChI=1S/C21H27NO3/c1-4-21(24-3,18-9-7-6-8-10-18)16-22-20(23)15-17-11-13-19(14-12-17)25-5-2/h6-14H,4-5,15-16H2,1-3H3,(H,22,23). The molecule has 1 amide bonds. The van der Waals surface area contributed by atoms with Gasteiger partial charge in [-0.25, -0.2) is 0 Å². The van der Waals surface area contributed by atoms with Gasteiger partial charge in [0.1, 0.15) is 11.4 Å². The van der Waals surface area contributed by atoms with Gasteiger partial charge in [0.05, 0.1) is 19.6 Å². The minimum Gasteiger partial charge on any atom is -0.494 e. The van der Waals surface area contributed by atoms with Crippen LogP contribution in [0.1, 0.15) is 31.4 Å². The van der Waals surface area contributed by atoms with Crippen molar-refractivity contribution >= 4 is 5.91 Å². The molecule has 0 saturated heterocycles. The number of methoxy groups -OCH3 is 1. The number of benzene rings is 2. The maximum absolute atomic E-state index is 12.3. The van der Waals surface area contributed by atoms with E-state index in [4.69, 9.17) is 9.47 Å². The van der Waals surface area contributed by atoms with E-state index >= 15 is 0 Å². The van der Waals surface area contributed by atoms with Gasteiger partial charge < -0.3 is 14.8 Å². The first-order valence-corrected chi connectivity index (χ1v) is 8.72. The van der Waals surface area contributed by atoms with Crippen molar-refractivity contribution in [2.45, 2.75) is 32.3 Å². The predicted molar refractivity (Wildman–Crippen MR) is 99.7 cm³/mol. The topological polar surface area (TPSA) is 47.6 Å². The van der Waals surface area contributed by atoms with Crippen molar-refractivity contribution in [2.24, 2.45) is 0 Å². The van der Waals surface area contributed by atoms with Crippen LogP contribution in [0.3, 0.4) is 0 Å². The lowest BCUT2D eigenvalue weighted by molar-refractivity contribution is -0.122. The van der Waals surface area contributed by atoms with Crippen LogP contribution in [0.4, 0.5) is 0 Å². The molecule has 0 aliphatic heterocycles. The average Bonchev–Trinajstić information content (AvgIpc) is 2.66. The van der Waals surface area contributed by atoms with Crippen LogP contribution >= 0.6 is 0 Å². The van der Waals surface area contributed by atoms with Crippen molar-refractivity contribution in [3.05, 3.63) is 65.7 Å². The van der Waals surface area contributed by atoms with Crippen LogP contribution in [0.25, 0.3) is 0 Å². The Kier molecular flexibility index (Phi) is 7.02. The Morgan fingerprint density at radius 3 is 2.28 bits per heavy atom. The van der Waals surface area contributed by atoms with Crippen LogP contribution in [0, 0.1) is 0 Å². The fourth-order valence-electron chi connectivity index (χ4n) is 2.87. The quantitative estimate of drug-likeness (QED) is 0.756. The van der Waals surface area contributed by atoms with E-state index in [1.54, 1.807) is 7.11 Å². The van der Waals surface area contributed by atoms with E-state index in [2.05, 4.69) is 12.2 Å². The Morgan fingerprint density at radius 2 is 1.72 bits per heavy atom. The lowest BCUT2D eigenvalue weighted by Gasteiger charge is -2.32. The molecule has 0 bridgehead atoms. The van der Waals surface area contributed by atoms with Crippen LogP contribution in [-0.2, 0) is 21.6 Å². The number of hydrogen-bond acceptors (Lipinski definition) is 3. The van der Waals surface area contributed by atoms with Crippen LogP contribution < -0.4 is 10.1 Å². The van der Waals surface area contributed by atoms with Gasteiger partial charge in [0.15, 0.2) is 0 Å². The summed E-state index contributed by atoms with van der Waals surface area (Å²) in [6.07, 6.45) is 1.11. The molecular formula is C21H27NO3. The van der Waals surface area contributed by atoms with Gasteiger partial charge in [0.2, 0.25) is 5.91 Å². The normalized spacial score (nSPS) is 13.1. The van der Waals surface area contributed by atoms with Crippen LogP contribution in [-0.4, -0.2) is 26.2 Å². The maximum atomic E-state index is 12.3. The third-order valence-corrected chi connectivity index (χ3v) is 4.43. The fraction of sp³-hybridized carbons (Fsp3) is 0.381. The second-order valence-electron chi connectivity index (χ2n) is 5.95. The number of hydrogen-bond donors (Lipinski definition) is 1. The van der Waals surface area contributed by atoms with E-state index in [1.807, 2.05) is 61.5 Å². The highest BCUT2D eigenvalue weighted by Gasteiger charge is 2.30. The molecule has 2 rings (SSSR count). The molecule has 2 aromatic rings. The summed E-state index contributed by atoms with van der Waals surface area (Å²) in [5.41, 5.74) is 1.52. The summed E-state index contributed by atoms with van der Waals surface area (Å²) in [4.78, 5) is 12.3. The van der Waals surface area contributed by atoms with Crippen LogP contribution in [0.2, 0.25) is 0 Å². The molecule has 0 aliphatic rings. The molecular weight excluding hydrogens is 314 g/mol. The van der Waals surface area contributed by atoms with Crippen molar-refractivity contribution in [1.29, 1.82) is 0 Å². The molecule has 25 heavy (non-hydrogen) atoms. The van der Waals surface area contributed by atoms with Crippen LogP contribution in [0.5, 0.6) is 5.75 Å². The Morgan fingerprint density at radius 1 is 1.04 bits per heavy atom. The van der Waals surface area contributed by atoms with Crippen LogP contribution in [0.15, 0.2) is 54.6 Å². The van der Waals surface area contributed by atoms with Gasteiger partial charge in [0, 0.05) is 7.11 Å². The van der Waals surface area contributed by atoms with Gasteiger partial charge in [-0.3, -0.25) is 4.79 Å². The number of ether oxygens (including phenoxy) is 2. The zero-order valence-corrected chi connectivity index (χ0v) is 15.2. The molecule has 4 nitrogen and oxygen atoms in total. The molecule has 1 unspecified atom stereocenters. The first-order chi connectivity index (χ1) is 12.1. The highest BCUT2D eigenvalue weighted by molar-refractivity contribution is 5.78. The second kappa shape index (κ2) is 9.23. The average molecular weight is 341 g/mol. The molecule has 0 heterocycles. The summed E-state index contributed by atoms with van der Waals surface area (Å²) >= 11 is 0. The smallest absolute Gasteiger partial charge is 0.224 e. The third kappa shape index (κ3) is 5.07. The molecule has 2 aromatic carbocycles. The highest BCUT2D eigenvalue weighted by Crippen LogP contribution is 2.28. The molecule has 0 fully saturated rings. The largest absolute Gasteiger partial charge is 0.494 e. The molecule has 134 valence electrons. The lowest BCUT2D eigenvalue weighted by Crippen LogP contribution is -2.42. The van der Waals surface area contributed by atoms with E-state index in [0.29, 0.717) is 19.6 Å². The molecule has 0 aliphatic carbocycles. The molecule has 1 N–H and O–H groups in total. The number of nitrogens with one attached hydrogen (secondary N) is 1. The summed E-state index contributed by atoms with van der Waals surface area (Å²) < 4.78 is 11.2. The molecule has 4 heteroatoms. The zero-order chi connectivity index (χ0) is 18.1. The minimum atomic E-state index is -0.504. The summed E-state index contributed by atoms with van der Waals surface area (Å²) in [7, 11) is 1.69. The summed E-state index contributed by atoms with van der Waals surface area (Å²) in [6.45, 7) is 5.09. The first kappa shape index (κ1) is 19.0. The zero-order valence-electron chi connectivity index (χ0n) is 15.2. The van der Waals surface area contributed by atoms with Gasteiger partial charge in [0.25, 0.3) is 0 Å². The van der Waals surface area contributed by atoms with Gasteiger partial charge in [-0.2, -0.15) is 0 Å². The Hall–Kier alpha value is -2.33. The van der Waals surface area contributed by atoms with Crippen molar-refractivity contribution in [3.8, 4) is 5.75 Å². The number of carbonyl (C=O) groups is 1. The molecule has 0 spiro atoms. The Labute approximate surface area is 150 Å². The van der Waals surface area contributed by atoms with Gasteiger partial charge in [-0.05, 0) is 36.6 Å². The maximum Gasteiger partial charge on any atom is 0.224 e. The monoisotopic (exact) mass is 341 g/mol. The number of rotatable bonds is 9. The SMILES string of the molecule is CCOc1ccc(CC(=O)NCC(CC)(OC)c2ccccc2)cc1. The molecule has 1 atom stereocenters. The van der Waals surface area contributed by atoms with E-state index in [9.17, 15) is 4.79 Å². The predicted octanol–water partition coefficient (Wildman–Crippen LogP) is 3.70. The van der Waals surface area contributed by atoms with Crippen molar-refractivity contribution in [2.75, 3.05) is 20.3 Å². The van der Waals surface area contributed by atoms with Crippen molar-refractivity contribution in [3.63, 3.8) is 0 Å². The van der Waals surface area contributed by atoms with Gasteiger partial charge in [-0.15, -0.1) is 0 Å².